The van der Waals surface area contributed by atoms with Crippen molar-refractivity contribution in [3.05, 3.63) is 54.1 Å². The number of hydrogen-bond donors (Lipinski definition) is 1. The Balaban J connectivity index is 1.89. The topological polar surface area (TPSA) is 30.5 Å². The summed E-state index contributed by atoms with van der Waals surface area (Å²) in [5.74, 6) is 2.40. The summed E-state index contributed by atoms with van der Waals surface area (Å²) in [5, 5.41) is 3.45. The van der Waals surface area contributed by atoms with Gasteiger partial charge < -0.3 is 14.8 Å². The Morgan fingerprint density at radius 2 is 1.71 bits per heavy atom. The third-order valence-electron chi connectivity index (χ3n) is 3.65. The number of unbranched alkanes of at least 4 members (excludes halogenated alkanes) is 1. The van der Waals surface area contributed by atoms with Gasteiger partial charge in [0.05, 0.1) is 13.2 Å². The normalized spacial score (nSPS) is 10.7. The Morgan fingerprint density at radius 3 is 2.42 bits per heavy atom. The number of hydrogen-bond acceptors (Lipinski definition) is 3. The van der Waals surface area contributed by atoms with E-state index < -0.39 is 0 Å². The fourth-order valence-electron chi connectivity index (χ4n) is 2.25. The van der Waals surface area contributed by atoms with Gasteiger partial charge in [-0.3, -0.25) is 0 Å². The van der Waals surface area contributed by atoms with Gasteiger partial charge in [0.1, 0.15) is 11.5 Å². The van der Waals surface area contributed by atoms with E-state index in [9.17, 15) is 0 Å². The van der Waals surface area contributed by atoms with Crippen LogP contribution in [0.15, 0.2) is 48.5 Å². The molecule has 2 rings (SSSR count). The van der Waals surface area contributed by atoms with E-state index in [0.717, 1.165) is 49.8 Å². The second-order valence-electron chi connectivity index (χ2n) is 6.39. The second-order valence-corrected chi connectivity index (χ2v) is 6.39. The van der Waals surface area contributed by atoms with E-state index in [0.29, 0.717) is 5.92 Å². The molecule has 0 atom stereocenters. The highest BCUT2D eigenvalue weighted by Gasteiger charge is 2.04. The molecule has 3 heteroatoms. The van der Waals surface area contributed by atoms with Crippen LogP contribution in [0.3, 0.4) is 0 Å². The minimum atomic E-state index is 0.520. The summed E-state index contributed by atoms with van der Waals surface area (Å²) >= 11 is 0. The van der Waals surface area contributed by atoms with Crippen molar-refractivity contribution in [2.24, 2.45) is 5.92 Å². The molecular weight excluding hydrogens is 298 g/mol. The lowest BCUT2D eigenvalue weighted by atomic mass is 10.2. The molecule has 0 saturated heterocycles. The second kappa shape index (κ2) is 9.86. The van der Waals surface area contributed by atoms with Gasteiger partial charge in [0.15, 0.2) is 0 Å². The molecule has 0 aliphatic heterocycles. The van der Waals surface area contributed by atoms with Crippen LogP contribution in [0.25, 0.3) is 0 Å². The van der Waals surface area contributed by atoms with E-state index >= 15 is 0 Å². The van der Waals surface area contributed by atoms with Crippen LogP contribution in [0.4, 0.5) is 5.69 Å². The largest absolute Gasteiger partial charge is 0.494 e. The Morgan fingerprint density at radius 1 is 0.958 bits per heavy atom. The first-order valence-electron chi connectivity index (χ1n) is 8.86. The molecule has 0 radical (unpaired) electrons. The van der Waals surface area contributed by atoms with E-state index in [1.807, 2.05) is 30.3 Å². The zero-order valence-corrected chi connectivity index (χ0v) is 15.0. The van der Waals surface area contributed by atoms with Gasteiger partial charge in [-0.15, -0.1) is 0 Å². The van der Waals surface area contributed by atoms with Crippen LogP contribution >= 0.6 is 0 Å². The molecule has 2 aromatic carbocycles. The van der Waals surface area contributed by atoms with Crippen molar-refractivity contribution in [3.63, 3.8) is 0 Å². The van der Waals surface area contributed by atoms with Crippen molar-refractivity contribution < 1.29 is 9.47 Å². The zero-order chi connectivity index (χ0) is 17.2. The third kappa shape index (κ3) is 6.15. The van der Waals surface area contributed by atoms with Crippen molar-refractivity contribution in [1.29, 1.82) is 0 Å². The highest BCUT2D eigenvalue weighted by atomic mass is 16.5. The molecule has 2 aromatic rings. The molecule has 0 heterocycles. The summed E-state index contributed by atoms with van der Waals surface area (Å²) < 4.78 is 11.6. The van der Waals surface area contributed by atoms with E-state index in [1.165, 1.54) is 5.56 Å². The molecule has 3 nitrogen and oxygen atoms in total. The van der Waals surface area contributed by atoms with Gasteiger partial charge in [0.2, 0.25) is 0 Å². The molecule has 0 aromatic heterocycles. The minimum absolute atomic E-state index is 0.520. The Bertz CT molecular complexity index is 593. The smallest absolute Gasteiger partial charge is 0.124 e. The molecule has 0 aliphatic carbocycles. The molecular formula is C21H29NO2. The average molecular weight is 327 g/mol. The lowest BCUT2D eigenvalue weighted by Gasteiger charge is -2.14. The maximum Gasteiger partial charge on any atom is 0.124 e. The predicted octanol–water partition coefficient (Wildman–Crippen LogP) is 5.51. The quantitative estimate of drug-likeness (QED) is 0.583. The monoisotopic (exact) mass is 327 g/mol. The summed E-state index contributed by atoms with van der Waals surface area (Å²) in [7, 11) is 0. The molecule has 0 saturated carbocycles. The summed E-state index contributed by atoms with van der Waals surface area (Å²) in [6.45, 7) is 8.74. The number of anilines is 1. The van der Waals surface area contributed by atoms with Gasteiger partial charge in [-0.25, -0.2) is 0 Å². The van der Waals surface area contributed by atoms with Crippen molar-refractivity contribution in [2.45, 2.75) is 40.2 Å². The van der Waals surface area contributed by atoms with Crippen LogP contribution < -0.4 is 14.8 Å². The van der Waals surface area contributed by atoms with Crippen LogP contribution in [0.5, 0.6) is 11.5 Å². The highest BCUT2D eigenvalue weighted by Crippen LogP contribution is 2.21. The van der Waals surface area contributed by atoms with Gasteiger partial charge in [-0.1, -0.05) is 45.4 Å². The van der Waals surface area contributed by atoms with Crippen LogP contribution in [0, 0.1) is 5.92 Å². The molecule has 0 amide bonds. The van der Waals surface area contributed by atoms with Gasteiger partial charge in [-0.2, -0.15) is 0 Å². The van der Waals surface area contributed by atoms with Crippen LogP contribution in [-0.4, -0.2) is 13.2 Å². The lowest BCUT2D eigenvalue weighted by molar-refractivity contribution is 0.269. The zero-order valence-electron chi connectivity index (χ0n) is 15.0. The fraction of sp³-hybridized carbons (Fsp3) is 0.429. The standard InChI is InChI=1S/C21H29NO2/c1-4-5-14-23-20-12-10-19(11-13-20)22-15-18-8-6-7-9-21(18)24-16-17(2)3/h6-13,17,22H,4-5,14-16H2,1-3H3. The first-order chi connectivity index (χ1) is 11.7. The molecule has 130 valence electrons. The summed E-state index contributed by atoms with van der Waals surface area (Å²) in [6.07, 6.45) is 2.24. The molecule has 24 heavy (non-hydrogen) atoms. The molecule has 0 aliphatic rings. The molecule has 1 N–H and O–H groups in total. The molecule has 0 bridgehead atoms. The van der Waals surface area contributed by atoms with E-state index in [-0.39, 0.29) is 0 Å². The SMILES string of the molecule is CCCCOc1ccc(NCc2ccccc2OCC(C)C)cc1. The number of ether oxygens (including phenoxy) is 2. The third-order valence-corrected chi connectivity index (χ3v) is 3.65. The minimum Gasteiger partial charge on any atom is -0.494 e. The van der Waals surface area contributed by atoms with E-state index in [1.54, 1.807) is 0 Å². The predicted molar refractivity (Wildman–Crippen MR) is 101 cm³/mol. The van der Waals surface area contributed by atoms with Crippen molar-refractivity contribution in [2.75, 3.05) is 18.5 Å². The highest BCUT2D eigenvalue weighted by molar-refractivity contribution is 5.47. The Labute approximate surface area is 146 Å². The number of para-hydroxylation sites is 1. The van der Waals surface area contributed by atoms with Crippen molar-refractivity contribution in [1.82, 2.24) is 0 Å². The summed E-state index contributed by atoms with van der Waals surface area (Å²) in [6, 6.07) is 16.3. The van der Waals surface area contributed by atoms with Gasteiger partial charge in [0, 0.05) is 17.8 Å². The fourth-order valence-corrected chi connectivity index (χ4v) is 2.25. The average Bonchev–Trinajstić information content (AvgIpc) is 2.60. The number of rotatable bonds is 10. The van der Waals surface area contributed by atoms with Crippen molar-refractivity contribution >= 4 is 5.69 Å². The molecule has 0 unspecified atom stereocenters. The number of benzene rings is 2. The van der Waals surface area contributed by atoms with Gasteiger partial charge in [0.25, 0.3) is 0 Å². The molecule has 0 spiro atoms. The van der Waals surface area contributed by atoms with Crippen LogP contribution in [0.1, 0.15) is 39.2 Å². The van der Waals surface area contributed by atoms with Crippen LogP contribution in [-0.2, 0) is 6.54 Å². The van der Waals surface area contributed by atoms with Gasteiger partial charge >= 0.3 is 0 Å². The first kappa shape index (κ1) is 18.2. The lowest BCUT2D eigenvalue weighted by Crippen LogP contribution is -2.08. The Hall–Kier alpha value is -2.16. The maximum atomic E-state index is 5.90. The van der Waals surface area contributed by atoms with Gasteiger partial charge in [-0.05, 0) is 42.7 Å². The Kier molecular flexibility index (Phi) is 7.47. The summed E-state index contributed by atoms with van der Waals surface area (Å²) in [5.41, 5.74) is 2.25. The van der Waals surface area contributed by atoms with Crippen LogP contribution in [0.2, 0.25) is 0 Å². The summed E-state index contributed by atoms with van der Waals surface area (Å²) in [4.78, 5) is 0. The number of nitrogens with one attached hydrogen (secondary N) is 1. The van der Waals surface area contributed by atoms with E-state index in [2.05, 4.69) is 44.3 Å². The van der Waals surface area contributed by atoms with E-state index in [4.69, 9.17) is 9.47 Å². The molecule has 0 fully saturated rings. The maximum absolute atomic E-state index is 5.90. The van der Waals surface area contributed by atoms with Crippen molar-refractivity contribution in [3.8, 4) is 11.5 Å². The first-order valence-corrected chi connectivity index (χ1v) is 8.86.